The van der Waals surface area contributed by atoms with E-state index in [9.17, 15) is 4.39 Å². The molecule has 3 aromatic rings. The zero-order valence-electron chi connectivity index (χ0n) is 15.0. The van der Waals surface area contributed by atoms with Gasteiger partial charge >= 0.3 is 0 Å². The highest BCUT2D eigenvalue weighted by atomic mass is 35.5. The molecular weight excluding hydrogens is 456 g/mol. The zero-order chi connectivity index (χ0) is 20.6. The smallest absolute Gasteiger partial charge is 0.186 e. The van der Waals surface area contributed by atoms with Gasteiger partial charge in [-0.15, -0.1) is 6.58 Å². The molecule has 2 atom stereocenters. The molecule has 4 rings (SSSR count). The van der Waals surface area contributed by atoms with Gasteiger partial charge < -0.3 is 4.74 Å². The molecule has 0 radical (unpaired) electrons. The summed E-state index contributed by atoms with van der Waals surface area (Å²) < 4.78 is 22.7. The van der Waals surface area contributed by atoms with Crippen LogP contribution in [0.3, 0.4) is 0 Å². The van der Waals surface area contributed by atoms with Gasteiger partial charge in [0, 0.05) is 21.9 Å². The van der Waals surface area contributed by atoms with Gasteiger partial charge in [0.25, 0.3) is 0 Å². The first-order chi connectivity index (χ1) is 14.0. The highest BCUT2D eigenvalue weighted by Gasteiger charge is 2.61. The third-order valence-electron chi connectivity index (χ3n) is 4.64. The van der Waals surface area contributed by atoms with Gasteiger partial charge in [0.15, 0.2) is 5.16 Å². The van der Waals surface area contributed by atoms with Crippen LogP contribution in [0.15, 0.2) is 60.5 Å². The van der Waals surface area contributed by atoms with E-state index in [0.717, 1.165) is 0 Å². The number of rotatable bonds is 7. The van der Waals surface area contributed by atoms with Crippen molar-refractivity contribution in [3.8, 4) is 0 Å². The van der Waals surface area contributed by atoms with Crippen LogP contribution in [0.5, 0.6) is 0 Å². The Hall–Kier alpha value is -1.57. The molecule has 0 saturated carbocycles. The lowest BCUT2D eigenvalue weighted by atomic mass is 9.91. The lowest BCUT2D eigenvalue weighted by molar-refractivity contribution is 0.251. The van der Waals surface area contributed by atoms with E-state index in [1.165, 1.54) is 30.2 Å². The number of hydrogen-bond donors (Lipinski definition) is 0. The van der Waals surface area contributed by atoms with Gasteiger partial charge in [-0.25, -0.2) is 14.1 Å². The number of hydrogen-bond acceptors (Lipinski definition) is 4. The quantitative estimate of drug-likeness (QED) is 0.230. The van der Waals surface area contributed by atoms with Crippen molar-refractivity contribution in [3.05, 3.63) is 87.4 Å². The molecule has 1 aromatic heterocycles. The van der Waals surface area contributed by atoms with Crippen molar-refractivity contribution in [2.45, 2.75) is 23.4 Å². The molecular formula is C20H15Cl3FN3OS. The molecule has 0 N–H and O–H groups in total. The maximum atomic E-state index is 14.8. The van der Waals surface area contributed by atoms with Gasteiger partial charge in [0.1, 0.15) is 23.8 Å². The molecule has 0 spiro atoms. The predicted molar refractivity (Wildman–Crippen MR) is 114 cm³/mol. The fraction of sp³-hybridized carbons (Fsp3) is 0.200. The van der Waals surface area contributed by atoms with Crippen LogP contribution in [-0.2, 0) is 16.9 Å². The van der Waals surface area contributed by atoms with Crippen LogP contribution < -0.4 is 0 Å². The Kier molecular flexibility index (Phi) is 5.91. The normalized spacial score (nSPS) is 20.6. The van der Waals surface area contributed by atoms with Crippen LogP contribution in [0.1, 0.15) is 17.2 Å². The summed E-state index contributed by atoms with van der Waals surface area (Å²) in [5.74, 6) is 0.247. The second kappa shape index (κ2) is 8.28. The van der Waals surface area contributed by atoms with E-state index in [1.807, 2.05) is 6.07 Å². The maximum Gasteiger partial charge on any atom is 0.186 e. The number of aromatic nitrogens is 3. The third kappa shape index (κ3) is 3.92. The molecule has 0 amide bonds. The minimum atomic E-state index is -1.04. The molecule has 1 aliphatic heterocycles. The second-order valence-electron chi connectivity index (χ2n) is 6.45. The summed E-state index contributed by atoms with van der Waals surface area (Å²) in [7, 11) is 0. The molecule has 2 heterocycles. The van der Waals surface area contributed by atoms with Crippen LogP contribution in [0.25, 0.3) is 0 Å². The van der Waals surface area contributed by atoms with E-state index in [1.54, 1.807) is 29.0 Å². The second-order valence-corrected chi connectivity index (χ2v) is 8.66. The summed E-state index contributed by atoms with van der Waals surface area (Å²) in [5, 5.41) is 6.17. The number of benzene rings is 2. The summed E-state index contributed by atoms with van der Waals surface area (Å²) in [4.78, 5) is 4.27. The Labute approximate surface area is 186 Å². The van der Waals surface area contributed by atoms with Crippen LogP contribution in [0.4, 0.5) is 4.39 Å². The molecule has 9 heteroatoms. The average Bonchev–Trinajstić information content (AvgIpc) is 3.25. The molecule has 0 aliphatic carbocycles. The number of ether oxygens (including phenoxy) is 1. The minimum Gasteiger partial charge on any atom is -0.354 e. The fourth-order valence-electron chi connectivity index (χ4n) is 3.28. The van der Waals surface area contributed by atoms with Crippen molar-refractivity contribution in [2.75, 3.05) is 5.75 Å². The van der Waals surface area contributed by atoms with E-state index < -0.39 is 17.5 Å². The summed E-state index contributed by atoms with van der Waals surface area (Å²) in [6, 6.07) is 9.69. The topological polar surface area (TPSA) is 43.2 Å². The van der Waals surface area contributed by atoms with Crippen molar-refractivity contribution in [2.24, 2.45) is 0 Å². The lowest BCUT2D eigenvalue weighted by Gasteiger charge is -2.17. The first-order valence-corrected chi connectivity index (χ1v) is 10.8. The Bertz CT molecular complexity index is 1080. The number of thioether (sulfide) groups is 1. The first kappa shape index (κ1) is 20.7. The molecule has 1 saturated heterocycles. The lowest BCUT2D eigenvalue weighted by Crippen LogP contribution is -2.22. The highest BCUT2D eigenvalue weighted by Crippen LogP contribution is 2.60. The Morgan fingerprint density at radius 3 is 2.90 bits per heavy atom. The van der Waals surface area contributed by atoms with Crippen molar-refractivity contribution in [3.63, 3.8) is 0 Å². The largest absolute Gasteiger partial charge is 0.354 e. The Morgan fingerprint density at radius 2 is 2.10 bits per heavy atom. The molecule has 4 nitrogen and oxygen atoms in total. The average molecular weight is 471 g/mol. The van der Waals surface area contributed by atoms with Gasteiger partial charge in [-0.2, -0.15) is 5.10 Å². The summed E-state index contributed by atoms with van der Waals surface area (Å²) in [6.45, 7) is 3.95. The SMILES string of the molecule is C=CCSc1ncnn1CC1(c2cc(Cl)ccc2F)OC1c1cccc(Cl)c1Cl. The van der Waals surface area contributed by atoms with Gasteiger partial charge in [-0.05, 0) is 24.3 Å². The van der Waals surface area contributed by atoms with Crippen molar-refractivity contribution in [1.29, 1.82) is 0 Å². The molecule has 29 heavy (non-hydrogen) atoms. The van der Waals surface area contributed by atoms with Gasteiger partial charge in [0.2, 0.25) is 0 Å². The van der Waals surface area contributed by atoms with E-state index >= 15 is 0 Å². The highest BCUT2D eigenvalue weighted by molar-refractivity contribution is 7.99. The van der Waals surface area contributed by atoms with E-state index in [-0.39, 0.29) is 6.54 Å². The maximum absolute atomic E-state index is 14.8. The summed E-state index contributed by atoms with van der Waals surface area (Å²) in [6.07, 6.45) is 2.72. The summed E-state index contributed by atoms with van der Waals surface area (Å²) >= 11 is 20.2. The molecule has 0 bridgehead atoms. The standard InChI is InChI=1S/C20H15Cl3FN3OS/c1-2-8-29-19-25-11-26-27(19)10-20(14-9-12(21)6-7-16(14)24)18(28-20)13-4-3-5-15(22)17(13)23/h2-7,9,11,18H,1,8,10H2. The number of nitrogens with zero attached hydrogens (tertiary/aromatic N) is 3. The first-order valence-electron chi connectivity index (χ1n) is 8.65. The third-order valence-corrected chi connectivity index (χ3v) is 6.68. The van der Waals surface area contributed by atoms with E-state index in [0.29, 0.717) is 37.1 Å². The zero-order valence-corrected chi connectivity index (χ0v) is 18.1. The van der Waals surface area contributed by atoms with Crippen LogP contribution in [-0.4, -0.2) is 20.5 Å². The van der Waals surface area contributed by atoms with Crippen molar-refractivity contribution in [1.82, 2.24) is 14.8 Å². The predicted octanol–water partition coefficient (Wildman–Crippen LogP) is 6.32. The Morgan fingerprint density at radius 1 is 1.28 bits per heavy atom. The van der Waals surface area contributed by atoms with Gasteiger partial charge in [0.05, 0.1) is 16.6 Å². The minimum absolute atomic E-state index is 0.233. The van der Waals surface area contributed by atoms with Crippen LogP contribution in [0, 0.1) is 5.82 Å². The van der Waals surface area contributed by atoms with Crippen LogP contribution >= 0.6 is 46.6 Å². The van der Waals surface area contributed by atoms with Crippen LogP contribution in [0.2, 0.25) is 15.1 Å². The molecule has 2 aromatic carbocycles. The van der Waals surface area contributed by atoms with Crippen molar-refractivity contribution < 1.29 is 9.13 Å². The van der Waals surface area contributed by atoms with Gasteiger partial charge in [-0.1, -0.05) is 64.8 Å². The molecule has 1 aliphatic rings. The monoisotopic (exact) mass is 469 g/mol. The number of epoxide rings is 1. The Balaban J connectivity index is 1.78. The summed E-state index contributed by atoms with van der Waals surface area (Å²) in [5.41, 5.74) is -0.0271. The number of halogens is 4. The van der Waals surface area contributed by atoms with Crippen molar-refractivity contribution >= 4 is 46.6 Å². The molecule has 2 unspecified atom stereocenters. The molecule has 150 valence electrons. The van der Waals surface area contributed by atoms with Gasteiger partial charge in [-0.3, -0.25) is 0 Å². The fourth-order valence-corrected chi connectivity index (χ4v) is 4.50. The van der Waals surface area contributed by atoms with E-state index in [2.05, 4.69) is 16.7 Å². The van der Waals surface area contributed by atoms with E-state index in [4.69, 9.17) is 39.5 Å². The molecule has 1 fully saturated rings.